The molecule has 0 spiro atoms. The van der Waals surface area contributed by atoms with Crippen LogP contribution in [0.1, 0.15) is 19.3 Å². The summed E-state index contributed by atoms with van der Waals surface area (Å²) in [7, 11) is 0. The van der Waals surface area contributed by atoms with Gasteiger partial charge in [0.05, 0.1) is 5.69 Å². The molecule has 73 valence electrons. The van der Waals surface area contributed by atoms with Crippen molar-refractivity contribution in [3.05, 3.63) is 43.0 Å². The van der Waals surface area contributed by atoms with Gasteiger partial charge in [-0.3, -0.25) is 5.11 Å². The van der Waals surface area contributed by atoms with E-state index in [1.165, 1.54) is 0 Å². The molecule has 0 aliphatic rings. The van der Waals surface area contributed by atoms with Gasteiger partial charge < -0.3 is 0 Å². The van der Waals surface area contributed by atoms with Crippen molar-refractivity contribution in [2.24, 2.45) is 4.99 Å². The number of benzene rings is 1. The molecule has 0 aliphatic carbocycles. The number of allylic oxidation sites excluding steroid dienone is 1. The summed E-state index contributed by atoms with van der Waals surface area (Å²) in [5.74, 6) is -0.0574. The fourth-order valence-corrected chi connectivity index (χ4v) is 1.10. The first kappa shape index (κ1) is 10.5. The number of rotatable bonds is 5. The first-order valence-corrected chi connectivity index (χ1v) is 4.73. The lowest BCUT2D eigenvalue weighted by Crippen LogP contribution is -1.92. The fourth-order valence-electron chi connectivity index (χ4n) is 1.10. The van der Waals surface area contributed by atoms with Crippen LogP contribution in [0, 0.1) is 0 Å². The minimum absolute atomic E-state index is 0.0574. The Kier molecular flexibility index (Phi) is 4.48. The van der Waals surface area contributed by atoms with Gasteiger partial charge in [-0.1, -0.05) is 24.3 Å². The van der Waals surface area contributed by atoms with E-state index in [0.717, 1.165) is 18.5 Å². The minimum atomic E-state index is -0.0574. The molecule has 0 unspecified atom stereocenters. The van der Waals surface area contributed by atoms with E-state index in [0.29, 0.717) is 6.42 Å². The van der Waals surface area contributed by atoms with E-state index < -0.39 is 0 Å². The number of nitrogens with zero attached hydrogens (tertiary/aromatic N) is 1. The lowest BCUT2D eigenvalue weighted by atomic mass is 10.2. The second-order valence-electron chi connectivity index (χ2n) is 3.02. The van der Waals surface area contributed by atoms with E-state index >= 15 is 0 Å². The molecule has 14 heavy (non-hydrogen) atoms. The van der Waals surface area contributed by atoms with Crippen molar-refractivity contribution in [3.63, 3.8) is 0 Å². The Balaban J connectivity index is 2.47. The first-order valence-electron chi connectivity index (χ1n) is 4.73. The van der Waals surface area contributed by atoms with Crippen LogP contribution in [0.2, 0.25) is 0 Å². The van der Waals surface area contributed by atoms with Crippen LogP contribution in [0.4, 0.5) is 5.69 Å². The smallest absolute Gasteiger partial charge is 0.246 e. The summed E-state index contributed by atoms with van der Waals surface area (Å²) in [4.78, 5) is 3.96. The number of unbranched alkanes of at least 4 members (excludes halogenated alkanes) is 1. The molecule has 2 nitrogen and oxygen atoms in total. The Labute approximate surface area is 84.6 Å². The summed E-state index contributed by atoms with van der Waals surface area (Å²) < 4.78 is 0. The van der Waals surface area contributed by atoms with Crippen molar-refractivity contribution in [1.82, 2.24) is 0 Å². The molecular formula is C12H14NO. The van der Waals surface area contributed by atoms with Crippen LogP contribution in [0.3, 0.4) is 0 Å². The molecular weight excluding hydrogens is 174 g/mol. The third-order valence-corrected chi connectivity index (χ3v) is 1.81. The lowest BCUT2D eigenvalue weighted by molar-refractivity contribution is 0.410. The Morgan fingerprint density at radius 1 is 1.36 bits per heavy atom. The van der Waals surface area contributed by atoms with Crippen LogP contribution < -0.4 is 0 Å². The monoisotopic (exact) mass is 188 g/mol. The third-order valence-electron chi connectivity index (χ3n) is 1.81. The van der Waals surface area contributed by atoms with E-state index in [1.807, 2.05) is 36.4 Å². The van der Waals surface area contributed by atoms with Crippen molar-refractivity contribution in [2.45, 2.75) is 19.3 Å². The van der Waals surface area contributed by atoms with Gasteiger partial charge in [-0.2, -0.15) is 0 Å². The zero-order valence-electron chi connectivity index (χ0n) is 8.15. The average molecular weight is 188 g/mol. The van der Waals surface area contributed by atoms with Gasteiger partial charge in [0.2, 0.25) is 5.90 Å². The molecule has 0 saturated heterocycles. The van der Waals surface area contributed by atoms with Gasteiger partial charge in [0, 0.05) is 6.42 Å². The van der Waals surface area contributed by atoms with Crippen molar-refractivity contribution in [1.29, 1.82) is 0 Å². The number of hydrogen-bond acceptors (Lipinski definition) is 1. The zero-order valence-corrected chi connectivity index (χ0v) is 8.15. The lowest BCUT2D eigenvalue weighted by Gasteiger charge is -1.94. The van der Waals surface area contributed by atoms with Crippen LogP contribution in [-0.4, -0.2) is 5.90 Å². The standard InChI is InChI=1S/C12H14NO/c1-2-3-5-10-12(14)13-11-8-6-4-7-9-11/h2,4,6-9H,1,3,5,10H2. The molecule has 1 aromatic rings. The van der Waals surface area contributed by atoms with E-state index in [1.54, 1.807) is 0 Å². The molecule has 2 heteroatoms. The van der Waals surface area contributed by atoms with Crippen LogP contribution in [0.15, 0.2) is 48.0 Å². The average Bonchev–Trinajstić information content (AvgIpc) is 2.20. The molecule has 1 aromatic carbocycles. The Bertz CT molecular complexity index is 303. The number of para-hydroxylation sites is 1. The summed E-state index contributed by atoms with van der Waals surface area (Å²) >= 11 is 0. The minimum Gasteiger partial charge on any atom is -0.273 e. The van der Waals surface area contributed by atoms with Gasteiger partial charge in [-0.15, -0.1) is 6.58 Å². The highest BCUT2D eigenvalue weighted by Crippen LogP contribution is 2.11. The Morgan fingerprint density at radius 2 is 2.07 bits per heavy atom. The van der Waals surface area contributed by atoms with Crippen molar-refractivity contribution in [3.8, 4) is 0 Å². The van der Waals surface area contributed by atoms with Gasteiger partial charge in [0.25, 0.3) is 0 Å². The molecule has 0 aliphatic heterocycles. The fraction of sp³-hybridized carbons (Fsp3) is 0.250. The largest absolute Gasteiger partial charge is 0.273 e. The van der Waals surface area contributed by atoms with Crippen molar-refractivity contribution < 1.29 is 5.11 Å². The molecule has 0 atom stereocenters. The molecule has 0 fully saturated rings. The van der Waals surface area contributed by atoms with Gasteiger partial charge in [0.15, 0.2) is 0 Å². The molecule has 0 heterocycles. The Morgan fingerprint density at radius 3 is 2.71 bits per heavy atom. The predicted molar refractivity (Wildman–Crippen MR) is 58.3 cm³/mol. The first-order chi connectivity index (χ1) is 6.83. The number of aliphatic imine (C=N–C) groups is 1. The molecule has 1 radical (unpaired) electrons. The maximum atomic E-state index is 11.3. The highest BCUT2D eigenvalue weighted by atomic mass is 16.3. The zero-order chi connectivity index (χ0) is 10.2. The molecule has 0 N–H and O–H groups in total. The van der Waals surface area contributed by atoms with E-state index in [4.69, 9.17) is 0 Å². The SMILES string of the molecule is C=CCCCC([O])=Nc1ccccc1. The summed E-state index contributed by atoms with van der Waals surface area (Å²) in [5, 5.41) is 11.3. The maximum Gasteiger partial charge on any atom is 0.246 e. The third kappa shape index (κ3) is 3.90. The van der Waals surface area contributed by atoms with E-state index in [9.17, 15) is 5.11 Å². The topological polar surface area (TPSA) is 32.3 Å². The van der Waals surface area contributed by atoms with Crippen LogP contribution in [-0.2, 0) is 5.11 Å². The van der Waals surface area contributed by atoms with Crippen LogP contribution >= 0.6 is 0 Å². The van der Waals surface area contributed by atoms with Crippen molar-refractivity contribution >= 4 is 11.6 Å². The summed E-state index contributed by atoms with van der Waals surface area (Å²) in [6.45, 7) is 3.60. The molecule has 0 amide bonds. The molecule has 0 saturated carbocycles. The normalized spacial score (nSPS) is 11.3. The van der Waals surface area contributed by atoms with E-state index in [2.05, 4.69) is 11.6 Å². The van der Waals surface area contributed by atoms with Gasteiger partial charge >= 0.3 is 0 Å². The summed E-state index contributed by atoms with van der Waals surface area (Å²) in [6.07, 6.45) is 4.02. The van der Waals surface area contributed by atoms with Gasteiger partial charge in [-0.25, -0.2) is 4.99 Å². The molecule has 0 bridgehead atoms. The molecule has 1 rings (SSSR count). The van der Waals surface area contributed by atoms with Gasteiger partial charge in [-0.05, 0) is 25.0 Å². The predicted octanol–water partition coefficient (Wildman–Crippen LogP) is 3.50. The van der Waals surface area contributed by atoms with E-state index in [-0.39, 0.29) is 5.90 Å². The quantitative estimate of drug-likeness (QED) is 0.293. The van der Waals surface area contributed by atoms with Gasteiger partial charge in [0.1, 0.15) is 0 Å². The van der Waals surface area contributed by atoms with Crippen LogP contribution in [0.25, 0.3) is 0 Å². The van der Waals surface area contributed by atoms with Crippen LogP contribution in [0.5, 0.6) is 0 Å². The Hall–Kier alpha value is -1.57. The summed E-state index contributed by atoms with van der Waals surface area (Å²) in [6, 6.07) is 9.30. The van der Waals surface area contributed by atoms with Crippen molar-refractivity contribution in [2.75, 3.05) is 0 Å². The second kappa shape index (κ2) is 5.97. The molecule has 0 aromatic heterocycles. The highest BCUT2D eigenvalue weighted by Gasteiger charge is 1.97. The number of hydrogen-bond donors (Lipinski definition) is 0. The highest BCUT2D eigenvalue weighted by molar-refractivity contribution is 5.76. The maximum absolute atomic E-state index is 11.3. The second-order valence-corrected chi connectivity index (χ2v) is 3.02. The summed E-state index contributed by atoms with van der Waals surface area (Å²) in [5.41, 5.74) is 0.733.